The minimum absolute atomic E-state index is 0.975. The van der Waals surface area contributed by atoms with Gasteiger partial charge >= 0.3 is 10.4 Å². The average Bonchev–Trinajstić information content (AvgIpc) is 1.56. The minimum Gasteiger partial charge on any atom is -0.388 e. The molecule has 6 heteroatoms. The van der Waals surface area contributed by atoms with Gasteiger partial charge in [-0.3, -0.25) is 4.55 Å². The third-order valence-corrected chi connectivity index (χ3v) is 1.79. The van der Waals surface area contributed by atoms with Gasteiger partial charge in [0.15, 0.2) is 0 Å². The van der Waals surface area contributed by atoms with E-state index in [1.165, 1.54) is 20.8 Å². The second kappa shape index (κ2) is 3.06. The Morgan fingerprint density at radius 1 is 1.45 bits per heavy atom. The van der Waals surface area contributed by atoms with Crippen molar-refractivity contribution in [1.82, 2.24) is 0 Å². The Labute approximate surface area is 65.9 Å². The Balaban J connectivity index is 4.21. The highest BCUT2D eigenvalue weighted by molar-refractivity contribution is 7.80. The second-order valence-corrected chi connectivity index (χ2v) is 3.87. The standard InChI is InChI=1S/C5H12O5S/c1-4(5(2,3)6)10-11(7,8)9/h4,6H,1-3H3,(H,7,8,9). The normalized spacial score (nSPS) is 16.5. The molecule has 0 aromatic rings. The number of hydrogen-bond acceptors (Lipinski definition) is 4. The number of rotatable bonds is 3. The maximum Gasteiger partial charge on any atom is 0.397 e. The van der Waals surface area contributed by atoms with Gasteiger partial charge in [0.25, 0.3) is 0 Å². The summed E-state index contributed by atoms with van der Waals surface area (Å²) in [6.45, 7) is 4.10. The van der Waals surface area contributed by atoms with E-state index >= 15 is 0 Å². The molecule has 2 N–H and O–H groups in total. The molecule has 0 heterocycles. The second-order valence-electron chi connectivity index (χ2n) is 2.82. The first-order valence-corrected chi connectivity index (χ1v) is 4.37. The zero-order valence-corrected chi connectivity index (χ0v) is 7.42. The molecular weight excluding hydrogens is 172 g/mol. The van der Waals surface area contributed by atoms with E-state index in [1.54, 1.807) is 0 Å². The van der Waals surface area contributed by atoms with Crippen molar-refractivity contribution in [2.45, 2.75) is 32.5 Å². The van der Waals surface area contributed by atoms with E-state index in [4.69, 9.17) is 9.66 Å². The Morgan fingerprint density at radius 3 is 1.91 bits per heavy atom. The highest BCUT2D eigenvalue weighted by Gasteiger charge is 2.27. The van der Waals surface area contributed by atoms with Gasteiger partial charge in [-0.25, -0.2) is 4.18 Å². The lowest BCUT2D eigenvalue weighted by molar-refractivity contribution is -0.0258. The molecule has 5 nitrogen and oxygen atoms in total. The average molecular weight is 184 g/mol. The lowest BCUT2D eigenvalue weighted by atomic mass is 10.0. The fraction of sp³-hybridized carbons (Fsp3) is 1.00. The zero-order valence-electron chi connectivity index (χ0n) is 6.60. The van der Waals surface area contributed by atoms with Crippen LogP contribution in [0.1, 0.15) is 20.8 Å². The van der Waals surface area contributed by atoms with E-state index in [9.17, 15) is 8.42 Å². The van der Waals surface area contributed by atoms with E-state index in [1.807, 2.05) is 0 Å². The third-order valence-electron chi connectivity index (χ3n) is 1.26. The molecule has 0 spiro atoms. The van der Waals surface area contributed by atoms with Crippen molar-refractivity contribution in [3.8, 4) is 0 Å². The molecular formula is C5H12O5S. The highest BCUT2D eigenvalue weighted by atomic mass is 32.3. The largest absolute Gasteiger partial charge is 0.397 e. The van der Waals surface area contributed by atoms with Crippen LogP contribution in [0.15, 0.2) is 0 Å². The summed E-state index contributed by atoms with van der Waals surface area (Å²) in [5.74, 6) is 0. The molecule has 68 valence electrons. The van der Waals surface area contributed by atoms with Gasteiger partial charge in [-0.2, -0.15) is 8.42 Å². The SMILES string of the molecule is CC(OS(=O)(=O)O)C(C)(C)O. The van der Waals surface area contributed by atoms with Gasteiger partial charge in [0.1, 0.15) is 6.10 Å². The predicted molar refractivity (Wildman–Crippen MR) is 38.4 cm³/mol. The molecule has 1 unspecified atom stereocenters. The van der Waals surface area contributed by atoms with Crippen molar-refractivity contribution in [2.75, 3.05) is 0 Å². The van der Waals surface area contributed by atoms with Crippen molar-refractivity contribution >= 4 is 10.4 Å². The molecule has 0 saturated carbocycles. The van der Waals surface area contributed by atoms with Crippen LogP contribution in [-0.2, 0) is 14.6 Å². The maximum absolute atomic E-state index is 10.1. The third kappa shape index (κ3) is 5.14. The van der Waals surface area contributed by atoms with Gasteiger partial charge in [-0.15, -0.1) is 0 Å². The Morgan fingerprint density at radius 2 is 1.82 bits per heavy atom. The van der Waals surface area contributed by atoms with Crippen molar-refractivity contribution < 1.29 is 22.3 Å². The van der Waals surface area contributed by atoms with Crippen molar-refractivity contribution in [2.24, 2.45) is 0 Å². The van der Waals surface area contributed by atoms with Gasteiger partial charge in [0.05, 0.1) is 5.60 Å². The zero-order chi connectivity index (χ0) is 9.28. The maximum atomic E-state index is 10.1. The molecule has 11 heavy (non-hydrogen) atoms. The first kappa shape index (κ1) is 10.8. The van der Waals surface area contributed by atoms with E-state index in [-0.39, 0.29) is 0 Å². The van der Waals surface area contributed by atoms with Crippen LogP contribution >= 0.6 is 0 Å². The van der Waals surface area contributed by atoms with Crippen LogP contribution < -0.4 is 0 Å². The summed E-state index contributed by atoms with van der Waals surface area (Å²) in [6, 6.07) is 0. The van der Waals surface area contributed by atoms with E-state index in [0.717, 1.165) is 0 Å². The molecule has 0 bridgehead atoms. The van der Waals surface area contributed by atoms with E-state index in [0.29, 0.717) is 0 Å². The van der Waals surface area contributed by atoms with Crippen LogP contribution in [-0.4, -0.2) is 29.8 Å². The van der Waals surface area contributed by atoms with E-state index in [2.05, 4.69) is 4.18 Å². The summed E-state index contributed by atoms with van der Waals surface area (Å²) in [4.78, 5) is 0. The topological polar surface area (TPSA) is 83.8 Å². The fourth-order valence-electron chi connectivity index (χ4n) is 0.300. The molecule has 0 rings (SSSR count). The fourth-order valence-corrected chi connectivity index (χ4v) is 0.900. The van der Waals surface area contributed by atoms with Crippen molar-refractivity contribution in [1.29, 1.82) is 0 Å². The van der Waals surface area contributed by atoms with Crippen LogP contribution in [0.25, 0.3) is 0 Å². The smallest absolute Gasteiger partial charge is 0.388 e. The van der Waals surface area contributed by atoms with Crippen LogP contribution in [0.3, 0.4) is 0 Å². The van der Waals surface area contributed by atoms with E-state index < -0.39 is 22.1 Å². The number of hydrogen-bond donors (Lipinski definition) is 2. The molecule has 0 radical (unpaired) electrons. The summed E-state index contributed by atoms with van der Waals surface area (Å²) in [5, 5.41) is 9.15. The molecule has 1 atom stereocenters. The molecule has 0 saturated heterocycles. The summed E-state index contributed by atoms with van der Waals surface area (Å²) in [6.07, 6.45) is -0.975. The van der Waals surface area contributed by atoms with Gasteiger partial charge < -0.3 is 5.11 Å². The highest BCUT2D eigenvalue weighted by Crippen LogP contribution is 2.13. The lowest BCUT2D eigenvalue weighted by Crippen LogP contribution is -2.37. The Hall–Kier alpha value is -0.170. The first-order valence-electron chi connectivity index (χ1n) is 3.01. The van der Waals surface area contributed by atoms with Crippen molar-refractivity contribution in [3.05, 3.63) is 0 Å². The molecule has 0 aromatic heterocycles. The Kier molecular flexibility index (Phi) is 3.01. The summed E-state index contributed by atoms with van der Waals surface area (Å²) in [7, 11) is -4.47. The minimum atomic E-state index is -4.47. The molecule has 0 amide bonds. The van der Waals surface area contributed by atoms with Crippen LogP contribution in [0.4, 0.5) is 0 Å². The van der Waals surface area contributed by atoms with Gasteiger partial charge in [-0.05, 0) is 20.8 Å². The molecule has 0 aromatic carbocycles. The molecule has 0 aliphatic carbocycles. The lowest BCUT2D eigenvalue weighted by Gasteiger charge is -2.23. The molecule has 0 aliphatic heterocycles. The first-order chi connectivity index (χ1) is 4.63. The summed E-state index contributed by atoms with van der Waals surface area (Å²) < 4.78 is 32.5. The molecule has 0 fully saturated rings. The Bertz CT molecular complexity index is 212. The van der Waals surface area contributed by atoms with Crippen LogP contribution in [0.2, 0.25) is 0 Å². The summed E-state index contributed by atoms with van der Waals surface area (Å²) >= 11 is 0. The predicted octanol–water partition coefficient (Wildman–Crippen LogP) is -0.0348. The number of aliphatic hydroxyl groups is 1. The monoisotopic (exact) mass is 184 g/mol. The quantitative estimate of drug-likeness (QED) is 0.601. The van der Waals surface area contributed by atoms with Gasteiger partial charge in [0, 0.05) is 0 Å². The van der Waals surface area contributed by atoms with Crippen LogP contribution in [0, 0.1) is 0 Å². The van der Waals surface area contributed by atoms with Crippen molar-refractivity contribution in [3.63, 3.8) is 0 Å². The molecule has 0 aliphatic rings. The van der Waals surface area contributed by atoms with Gasteiger partial charge in [-0.1, -0.05) is 0 Å². The van der Waals surface area contributed by atoms with Gasteiger partial charge in [0.2, 0.25) is 0 Å². The summed E-state index contributed by atoms with van der Waals surface area (Å²) in [5.41, 5.74) is -1.30. The van der Waals surface area contributed by atoms with Crippen LogP contribution in [0.5, 0.6) is 0 Å².